The van der Waals surface area contributed by atoms with Crippen LogP contribution >= 0.6 is 11.3 Å². The number of hydrogen-bond donors (Lipinski definition) is 1. The summed E-state index contributed by atoms with van der Waals surface area (Å²) in [6.45, 7) is -0.672. The highest BCUT2D eigenvalue weighted by Gasteiger charge is 2.33. The first-order chi connectivity index (χ1) is 12.5. The van der Waals surface area contributed by atoms with Crippen molar-refractivity contribution in [1.29, 1.82) is 0 Å². The molecule has 0 bridgehead atoms. The summed E-state index contributed by atoms with van der Waals surface area (Å²) in [6.07, 6.45) is -7.92. The summed E-state index contributed by atoms with van der Waals surface area (Å²) in [7, 11) is 0. The fourth-order valence-corrected chi connectivity index (χ4v) is 3.90. The van der Waals surface area contributed by atoms with E-state index in [1.165, 1.54) is 17.4 Å². The van der Waals surface area contributed by atoms with Gasteiger partial charge in [-0.25, -0.2) is 4.98 Å². The molecular formula is C16H15F6N3OS. The molecule has 1 N–H and O–H groups in total. The number of nitrogens with one attached hydrogen (secondary N) is 1. The lowest BCUT2D eigenvalue weighted by molar-refractivity contribution is -0.140. The van der Waals surface area contributed by atoms with Crippen molar-refractivity contribution >= 4 is 32.6 Å². The number of nitrogens with zero attached hydrogens (tertiary/aromatic N) is 2. The van der Waals surface area contributed by atoms with Crippen LogP contribution < -0.4 is 10.2 Å². The number of carbonyl (C=O) groups excluding carboxylic acids is 1. The molecule has 0 radical (unpaired) electrons. The van der Waals surface area contributed by atoms with Crippen molar-refractivity contribution in [1.82, 2.24) is 10.3 Å². The Morgan fingerprint density at radius 2 is 2.00 bits per heavy atom. The predicted octanol–water partition coefficient (Wildman–Crippen LogP) is 4.21. The Bertz CT molecular complexity index is 832. The second-order valence-corrected chi connectivity index (χ2v) is 7.30. The number of benzene rings is 1. The number of thiazole rings is 1. The highest BCUT2D eigenvalue weighted by atomic mass is 32.1. The van der Waals surface area contributed by atoms with Crippen molar-refractivity contribution in [2.75, 3.05) is 24.5 Å². The van der Waals surface area contributed by atoms with Crippen molar-refractivity contribution in [2.45, 2.75) is 25.2 Å². The molecule has 0 saturated carbocycles. The Labute approximate surface area is 154 Å². The highest BCUT2D eigenvalue weighted by Crippen LogP contribution is 2.36. The lowest BCUT2D eigenvalue weighted by Gasteiger charge is -2.31. The maximum Gasteiger partial charge on any atom is 0.416 e. The van der Waals surface area contributed by atoms with Crippen LogP contribution in [0.1, 0.15) is 18.4 Å². The number of halogens is 6. The van der Waals surface area contributed by atoms with Crippen molar-refractivity contribution in [3.63, 3.8) is 0 Å². The molecule has 1 aliphatic rings. The van der Waals surface area contributed by atoms with E-state index < -0.39 is 36.3 Å². The van der Waals surface area contributed by atoms with Gasteiger partial charge in [0.15, 0.2) is 5.13 Å². The Balaban J connectivity index is 1.73. The highest BCUT2D eigenvalue weighted by molar-refractivity contribution is 7.22. The number of aromatic nitrogens is 1. The molecule has 1 unspecified atom stereocenters. The maximum absolute atomic E-state index is 12.8. The summed E-state index contributed by atoms with van der Waals surface area (Å²) in [4.78, 5) is 17.9. The summed E-state index contributed by atoms with van der Waals surface area (Å²) < 4.78 is 75.8. The molecule has 11 heteroatoms. The third-order valence-corrected chi connectivity index (χ3v) is 5.33. The Morgan fingerprint density at radius 1 is 1.26 bits per heavy atom. The fourth-order valence-electron chi connectivity index (χ4n) is 2.92. The van der Waals surface area contributed by atoms with E-state index in [0.717, 1.165) is 12.1 Å². The fraction of sp³-hybridized carbons (Fsp3) is 0.500. The predicted molar refractivity (Wildman–Crippen MR) is 88.6 cm³/mol. The molecule has 2 heterocycles. The minimum atomic E-state index is -4.48. The van der Waals surface area contributed by atoms with E-state index in [-0.39, 0.29) is 12.1 Å². The van der Waals surface area contributed by atoms with Gasteiger partial charge < -0.3 is 10.2 Å². The molecule has 4 nitrogen and oxygen atoms in total. The molecule has 1 fully saturated rings. The minimum absolute atomic E-state index is 0.176. The summed E-state index contributed by atoms with van der Waals surface area (Å²) >= 11 is 1.19. The van der Waals surface area contributed by atoms with Gasteiger partial charge in [-0.2, -0.15) is 26.3 Å². The molecule has 1 aliphatic heterocycles. The van der Waals surface area contributed by atoms with Crippen LogP contribution in [0.25, 0.3) is 10.2 Å². The first-order valence-electron chi connectivity index (χ1n) is 8.10. The molecule has 0 aliphatic carbocycles. The molecule has 2 aromatic rings. The van der Waals surface area contributed by atoms with Crippen LogP contribution in [0.5, 0.6) is 0 Å². The quantitative estimate of drug-likeness (QED) is 0.770. The molecule has 3 rings (SSSR count). The van der Waals surface area contributed by atoms with Gasteiger partial charge in [-0.1, -0.05) is 11.3 Å². The molecule has 1 atom stereocenters. The van der Waals surface area contributed by atoms with E-state index in [1.807, 2.05) is 5.32 Å². The maximum atomic E-state index is 12.8. The van der Waals surface area contributed by atoms with E-state index in [4.69, 9.17) is 0 Å². The van der Waals surface area contributed by atoms with E-state index in [9.17, 15) is 31.1 Å². The van der Waals surface area contributed by atoms with Gasteiger partial charge in [0.25, 0.3) is 0 Å². The van der Waals surface area contributed by atoms with E-state index in [2.05, 4.69) is 4.98 Å². The van der Waals surface area contributed by atoms with Crippen LogP contribution in [0.3, 0.4) is 0 Å². The van der Waals surface area contributed by atoms with Crippen LogP contribution in [0.2, 0.25) is 0 Å². The van der Waals surface area contributed by atoms with Crippen LogP contribution in [0, 0.1) is 5.92 Å². The van der Waals surface area contributed by atoms with Crippen molar-refractivity contribution < 1.29 is 31.1 Å². The van der Waals surface area contributed by atoms with Gasteiger partial charge in [0.1, 0.15) is 6.54 Å². The molecule has 1 saturated heterocycles. The Hall–Kier alpha value is -2.04. The zero-order valence-electron chi connectivity index (χ0n) is 13.8. The first-order valence-corrected chi connectivity index (χ1v) is 8.92. The SMILES string of the molecule is O=C(NCC(F)(F)F)C1CCCN(c2nc3cc(C(F)(F)F)ccc3s2)C1. The number of rotatable bonds is 3. The molecule has 1 aromatic carbocycles. The second kappa shape index (κ2) is 7.17. The largest absolute Gasteiger partial charge is 0.416 e. The Kier molecular flexibility index (Phi) is 5.24. The molecule has 0 spiro atoms. The molecule has 27 heavy (non-hydrogen) atoms. The second-order valence-electron chi connectivity index (χ2n) is 6.29. The molecule has 1 amide bonds. The van der Waals surface area contributed by atoms with Crippen LogP contribution in [0.4, 0.5) is 31.5 Å². The van der Waals surface area contributed by atoms with Gasteiger partial charge in [-0.05, 0) is 31.0 Å². The van der Waals surface area contributed by atoms with E-state index in [0.29, 0.717) is 29.2 Å². The van der Waals surface area contributed by atoms with Gasteiger partial charge in [0.05, 0.1) is 21.7 Å². The van der Waals surface area contributed by atoms with Crippen molar-refractivity contribution in [3.8, 4) is 0 Å². The van der Waals surface area contributed by atoms with Gasteiger partial charge >= 0.3 is 12.4 Å². The van der Waals surface area contributed by atoms with Crippen LogP contribution in [0.15, 0.2) is 18.2 Å². The normalized spacial score (nSPS) is 18.7. The zero-order valence-corrected chi connectivity index (χ0v) is 14.6. The number of amides is 1. The molecular weight excluding hydrogens is 396 g/mol. The number of anilines is 1. The number of alkyl halides is 6. The Morgan fingerprint density at radius 3 is 2.67 bits per heavy atom. The third-order valence-electron chi connectivity index (χ3n) is 4.23. The summed E-state index contributed by atoms with van der Waals surface area (Å²) in [5, 5.41) is 2.34. The average molecular weight is 411 g/mol. The lowest BCUT2D eigenvalue weighted by Crippen LogP contribution is -2.45. The zero-order chi connectivity index (χ0) is 19.8. The standard InChI is InChI=1S/C16H15F6N3OS/c17-15(18,19)8-23-13(26)9-2-1-5-25(7-9)14-24-11-6-10(16(20,21)22)3-4-12(11)27-14/h3-4,6,9H,1-2,5,7-8H2,(H,23,26). The smallest absolute Gasteiger partial charge is 0.347 e. The lowest BCUT2D eigenvalue weighted by atomic mass is 9.97. The first kappa shape index (κ1) is 19.7. The monoisotopic (exact) mass is 411 g/mol. The number of carbonyl (C=O) groups is 1. The van der Waals surface area contributed by atoms with Crippen molar-refractivity contribution in [2.24, 2.45) is 5.92 Å². The van der Waals surface area contributed by atoms with Crippen LogP contribution in [-0.4, -0.2) is 36.7 Å². The minimum Gasteiger partial charge on any atom is -0.347 e. The molecule has 1 aromatic heterocycles. The topological polar surface area (TPSA) is 45.2 Å². The van der Waals surface area contributed by atoms with E-state index >= 15 is 0 Å². The van der Waals surface area contributed by atoms with Gasteiger partial charge in [0, 0.05) is 13.1 Å². The average Bonchev–Trinajstić information content (AvgIpc) is 3.01. The van der Waals surface area contributed by atoms with Crippen LogP contribution in [-0.2, 0) is 11.0 Å². The molecule has 148 valence electrons. The number of hydrogen-bond acceptors (Lipinski definition) is 4. The van der Waals surface area contributed by atoms with Gasteiger partial charge in [-0.15, -0.1) is 0 Å². The third kappa shape index (κ3) is 4.82. The van der Waals surface area contributed by atoms with Gasteiger partial charge in [0.2, 0.25) is 5.91 Å². The van der Waals surface area contributed by atoms with Crippen molar-refractivity contribution in [3.05, 3.63) is 23.8 Å². The summed E-state index contributed by atoms with van der Waals surface area (Å²) in [6, 6.07) is 3.29. The van der Waals surface area contributed by atoms with E-state index in [1.54, 1.807) is 4.90 Å². The summed E-state index contributed by atoms with van der Waals surface area (Å²) in [5.74, 6) is -1.31. The van der Waals surface area contributed by atoms with Gasteiger partial charge in [-0.3, -0.25) is 4.79 Å². The number of piperidine rings is 1. The number of fused-ring (bicyclic) bond motifs is 1. The summed E-state index contributed by atoms with van der Waals surface area (Å²) in [5.41, 5.74) is -0.594.